The van der Waals surface area contributed by atoms with Crippen LogP contribution in [0.1, 0.15) is 36.5 Å². The van der Waals surface area contributed by atoms with Gasteiger partial charge in [-0.15, -0.1) is 0 Å². The van der Waals surface area contributed by atoms with E-state index < -0.39 is 0 Å². The quantitative estimate of drug-likeness (QED) is 0.758. The second kappa shape index (κ2) is 6.72. The Kier molecular flexibility index (Phi) is 4.97. The van der Waals surface area contributed by atoms with Crippen molar-refractivity contribution in [2.75, 3.05) is 10.6 Å². The van der Waals surface area contributed by atoms with E-state index in [0.717, 1.165) is 11.4 Å². The minimum absolute atomic E-state index is 0.457. The first-order valence-electron chi connectivity index (χ1n) is 7.21. The van der Waals surface area contributed by atoms with Gasteiger partial charge in [0.2, 0.25) is 0 Å². The van der Waals surface area contributed by atoms with Gasteiger partial charge in [0.1, 0.15) is 0 Å². The summed E-state index contributed by atoms with van der Waals surface area (Å²) in [6.45, 7) is 8.57. The lowest BCUT2D eigenvalue weighted by Crippen LogP contribution is -2.20. The molecule has 0 saturated carbocycles. The zero-order chi connectivity index (χ0) is 15.4. The summed E-state index contributed by atoms with van der Waals surface area (Å²) < 4.78 is 0. The average molecular weight is 298 g/mol. The Hall–Kier alpha value is -1.87. The molecule has 0 atom stereocenters. The molecule has 0 bridgehead atoms. The zero-order valence-corrected chi connectivity index (χ0v) is 13.8. The van der Waals surface area contributed by atoms with Crippen molar-refractivity contribution in [3.8, 4) is 0 Å². The molecule has 0 saturated heterocycles. The SMILES string of the molecule is Cc1ccc(NC(=S)Nc2ccccc2C(C)C)cc1C. The Labute approximate surface area is 132 Å². The van der Waals surface area contributed by atoms with E-state index in [0.29, 0.717) is 11.0 Å². The number of benzene rings is 2. The molecule has 0 amide bonds. The lowest BCUT2D eigenvalue weighted by molar-refractivity contribution is 0.869. The Morgan fingerprint density at radius 2 is 1.67 bits per heavy atom. The predicted molar refractivity (Wildman–Crippen MR) is 96.3 cm³/mol. The number of hydrogen-bond donors (Lipinski definition) is 2. The van der Waals surface area contributed by atoms with Crippen molar-refractivity contribution in [3.05, 3.63) is 59.2 Å². The maximum absolute atomic E-state index is 5.42. The highest BCUT2D eigenvalue weighted by molar-refractivity contribution is 7.80. The molecule has 0 heterocycles. The fraction of sp³-hybridized carbons (Fsp3) is 0.278. The van der Waals surface area contributed by atoms with Crippen molar-refractivity contribution in [1.29, 1.82) is 0 Å². The molecule has 0 radical (unpaired) electrons. The molecule has 2 N–H and O–H groups in total. The van der Waals surface area contributed by atoms with Gasteiger partial charge >= 0.3 is 0 Å². The van der Waals surface area contributed by atoms with Crippen LogP contribution in [0.25, 0.3) is 0 Å². The topological polar surface area (TPSA) is 24.1 Å². The third-order valence-electron chi connectivity index (χ3n) is 3.60. The van der Waals surface area contributed by atoms with Crippen LogP contribution in [0, 0.1) is 13.8 Å². The lowest BCUT2D eigenvalue weighted by atomic mass is 10.0. The highest BCUT2D eigenvalue weighted by Gasteiger charge is 2.07. The fourth-order valence-electron chi connectivity index (χ4n) is 2.22. The van der Waals surface area contributed by atoms with Gasteiger partial charge in [0.15, 0.2) is 5.11 Å². The van der Waals surface area contributed by atoms with Crippen LogP contribution in [-0.2, 0) is 0 Å². The van der Waals surface area contributed by atoms with Gasteiger partial charge in [-0.25, -0.2) is 0 Å². The van der Waals surface area contributed by atoms with Crippen LogP contribution >= 0.6 is 12.2 Å². The van der Waals surface area contributed by atoms with E-state index in [2.05, 4.69) is 68.7 Å². The third kappa shape index (κ3) is 4.05. The van der Waals surface area contributed by atoms with E-state index in [1.165, 1.54) is 16.7 Å². The Bertz CT molecular complexity index is 647. The first-order valence-corrected chi connectivity index (χ1v) is 7.62. The molecule has 0 aromatic heterocycles. The summed E-state index contributed by atoms with van der Waals surface area (Å²) in [7, 11) is 0. The van der Waals surface area contributed by atoms with Crippen LogP contribution in [-0.4, -0.2) is 5.11 Å². The van der Waals surface area contributed by atoms with Crippen LogP contribution < -0.4 is 10.6 Å². The Morgan fingerprint density at radius 1 is 0.952 bits per heavy atom. The number of para-hydroxylation sites is 1. The Morgan fingerprint density at radius 3 is 2.33 bits per heavy atom. The molecule has 0 aliphatic carbocycles. The molecule has 21 heavy (non-hydrogen) atoms. The highest BCUT2D eigenvalue weighted by Crippen LogP contribution is 2.24. The summed E-state index contributed by atoms with van der Waals surface area (Å²) >= 11 is 5.42. The first kappa shape index (κ1) is 15.5. The van der Waals surface area contributed by atoms with Crippen molar-refractivity contribution in [2.45, 2.75) is 33.6 Å². The smallest absolute Gasteiger partial charge is 0.175 e. The average Bonchev–Trinajstić information content (AvgIpc) is 2.43. The molecule has 0 spiro atoms. The van der Waals surface area contributed by atoms with Crippen molar-refractivity contribution in [2.24, 2.45) is 0 Å². The summed E-state index contributed by atoms with van der Waals surface area (Å²) in [5.74, 6) is 0.457. The third-order valence-corrected chi connectivity index (χ3v) is 3.80. The maximum Gasteiger partial charge on any atom is 0.175 e. The first-order chi connectivity index (χ1) is 9.97. The summed E-state index contributed by atoms with van der Waals surface area (Å²) in [5.41, 5.74) is 5.88. The molecule has 110 valence electrons. The van der Waals surface area contributed by atoms with Crippen molar-refractivity contribution < 1.29 is 0 Å². The molecule has 3 heteroatoms. The zero-order valence-electron chi connectivity index (χ0n) is 13.0. The van der Waals surface area contributed by atoms with Crippen molar-refractivity contribution in [3.63, 3.8) is 0 Å². The molecular formula is C18H22N2S. The molecule has 0 aliphatic heterocycles. The molecule has 2 aromatic carbocycles. The summed E-state index contributed by atoms with van der Waals surface area (Å²) in [6.07, 6.45) is 0. The monoisotopic (exact) mass is 298 g/mol. The predicted octanol–water partition coefficient (Wildman–Crippen LogP) is 5.24. The highest BCUT2D eigenvalue weighted by atomic mass is 32.1. The van der Waals surface area contributed by atoms with Gasteiger partial charge in [0, 0.05) is 11.4 Å². The molecule has 0 fully saturated rings. The normalized spacial score (nSPS) is 10.5. The minimum atomic E-state index is 0.457. The Balaban J connectivity index is 2.10. The standard InChI is InChI=1S/C18H22N2S/c1-12(2)16-7-5-6-8-17(16)20-18(21)19-15-10-9-13(3)14(4)11-15/h5-12H,1-4H3,(H2,19,20,21). The van der Waals surface area contributed by atoms with Gasteiger partial charge in [-0.1, -0.05) is 38.1 Å². The fourth-order valence-corrected chi connectivity index (χ4v) is 2.45. The van der Waals surface area contributed by atoms with Crippen LogP contribution in [0.5, 0.6) is 0 Å². The van der Waals surface area contributed by atoms with Crippen LogP contribution in [0.15, 0.2) is 42.5 Å². The molecule has 2 rings (SSSR count). The number of hydrogen-bond acceptors (Lipinski definition) is 1. The molecule has 0 unspecified atom stereocenters. The number of aryl methyl sites for hydroxylation is 2. The number of anilines is 2. The summed E-state index contributed by atoms with van der Waals surface area (Å²) in [4.78, 5) is 0. The maximum atomic E-state index is 5.42. The van der Waals surface area contributed by atoms with Gasteiger partial charge < -0.3 is 10.6 Å². The number of nitrogens with one attached hydrogen (secondary N) is 2. The van der Waals surface area contributed by atoms with Gasteiger partial charge in [-0.05, 0) is 66.9 Å². The van der Waals surface area contributed by atoms with E-state index in [9.17, 15) is 0 Å². The van der Waals surface area contributed by atoms with Gasteiger partial charge in [0.25, 0.3) is 0 Å². The lowest BCUT2D eigenvalue weighted by Gasteiger charge is -2.16. The van der Waals surface area contributed by atoms with Crippen LogP contribution in [0.3, 0.4) is 0 Å². The second-order valence-electron chi connectivity index (χ2n) is 5.62. The van der Waals surface area contributed by atoms with E-state index >= 15 is 0 Å². The number of thiocarbonyl (C=S) groups is 1. The van der Waals surface area contributed by atoms with Crippen LogP contribution in [0.2, 0.25) is 0 Å². The number of rotatable bonds is 3. The summed E-state index contributed by atoms with van der Waals surface area (Å²) in [6, 6.07) is 14.5. The minimum Gasteiger partial charge on any atom is -0.332 e. The van der Waals surface area contributed by atoms with E-state index in [1.807, 2.05) is 12.1 Å². The van der Waals surface area contributed by atoms with Crippen LogP contribution in [0.4, 0.5) is 11.4 Å². The molecular weight excluding hydrogens is 276 g/mol. The summed E-state index contributed by atoms with van der Waals surface area (Å²) in [5, 5.41) is 7.16. The molecule has 2 nitrogen and oxygen atoms in total. The van der Waals surface area contributed by atoms with Gasteiger partial charge in [-0.2, -0.15) is 0 Å². The van der Waals surface area contributed by atoms with E-state index in [-0.39, 0.29) is 0 Å². The van der Waals surface area contributed by atoms with E-state index in [4.69, 9.17) is 12.2 Å². The molecule has 0 aliphatic rings. The largest absolute Gasteiger partial charge is 0.332 e. The van der Waals surface area contributed by atoms with Gasteiger partial charge in [0.05, 0.1) is 0 Å². The van der Waals surface area contributed by atoms with Gasteiger partial charge in [-0.3, -0.25) is 0 Å². The van der Waals surface area contributed by atoms with E-state index in [1.54, 1.807) is 0 Å². The second-order valence-corrected chi connectivity index (χ2v) is 6.03. The molecule has 2 aromatic rings. The van der Waals surface area contributed by atoms with Crippen molar-refractivity contribution in [1.82, 2.24) is 0 Å². The van der Waals surface area contributed by atoms with Crippen molar-refractivity contribution >= 4 is 28.7 Å².